The van der Waals surface area contributed by atoms with Crippen LogP contribution < -0.4 is 5.73 Å². The Morgan fingerprint density at radius 1 is 1.15 bits per heavy atom. The number of hydrogen-bond donors (Lipinski definition) is 5. The third-order valence-corrected chi connectivity index (χ3v) is 7.13. The topological polar surface area (TPSA) is 154 Å². The van der Waals surface area contributed by atoms with Crippen LogP contribution in [-0.4, -0.2) is 61.8 Å². The zero-order chi connectivity index (χ0) is 16.2. The molecule has 0 amide bonds. The molecule has 0 aliphatic rings. The van der Waals surface area contributed by atoms with Crippen LogP contribution in [0.5, 0.6) is 0 Å². The van der Waals surface area contributed by atoms with Crippen LogP contribution in [0.1, 0.15) is 20.8 Å². The number of ether oxygens (including phenoxy) is 1. The summed E-state index contributed by atoms with van der Waals surface area (Å²) in [4.78, 5) is 39.1. The molecule has 0 aromatic carbocycles. The second-order valence-electron chi connectivity index (χ2n) is 4.53. The summed E-state index contributed by atoms with van der Waals surface area (Å²) < 4.78 is 28.6. The summed E-state index contributed by atoms with van der Waals surface area (Å²) in [5.41, 5.74) is 5.45. The third-order valence-electron chi connectivity index (χ3n) is 2.88. The lowest BCUT2D eigenvalue weighted by atomic mass is 10.4. The largest absolute Gasteiger partial charge is 0.377 e. The van der Waals surface area contributed by atoms with E-state index in [4.69, 9.17) is 10.5 Å². The summed E-state index contributed by atoms with van der Waals surface area (Å²) in [6.45, 7) is 3.94. The van der Waals surface area contributed by atoms with Gasteiger partial charge in [0.05, 0.1) is 13.2 Å². The molecule has 0 fully saturated rings. The molecule has 9 nitrogen and oxygen atoms in total. The van der Waals surface area contributed by atoms with Crippen molar-refractivity contribution in [1.29, 1.82) is 0 Å². The van der Waals surface area contributed by atoms with E-state index in [1.807, 2.05) is 0 Å². The van der Waals surface area contributed by atoms with Crippen molar-refractivity contribution in [2.45, 2.75) is 31.8 Å². The standard InChI is InChI=1S/C9H24N2O7P2/c1-4-11(5-2)9(19(12,13)14,20(15,16)17)7-18-6-8(3)10/h8H,4-7,10H2,1-3H3,(H2,12,13,14)(H2,15,16,17). The monoisotopic (exact) mass is 334 g/mol. The van der Waals surface area contributed by atoms with E-state index in [0.29, 0.717) is 0 Å². The minimum atomic E-state index is -5.18. The molecule has 20 heavy (non-hydrogen) atoms. The molecule has 0 radical (unpaired) electrons. The van der Waals surface area contributed by atoms with Crippen molar-refractivity contribution in [3.63, 3.8) is 0 Å². The van der Waals surface area contributed by atoms with Gasteiger partial charge >= 0.3 is 15.2 Å². The van der Waals surface area contributed by atoms with Gasteiger partial charge in [0.2, 0.25) is 5.02 Å². The van der Waals surface area contributed by atoms with Gasteiger partial charge in [0.1, 0.15) is 0 Å². The van der Waals surface area contributed by atoms with Crippen molar-refractivity contribution in [3.8, 4) is 0 Å². The van der Waals surface area contributed by atoms with Crippen molar-refractivity contribution in [2.24, 2.45) is 5.73 Å². The Balaban J connectivity index is 5.71. The minimum Gasteiger partial charge on any atom is -0.377 e. The highest BCUT2D eigenvalue weighted by atomic mass is 31.2. The first-order valence-electron chi connectivity index (χ1n) is 6.13. The second kappa shape index (κ2) is 7.45. The van der Waals surface area contributed by atoms with Crippen LogP contribution >= 0.6 is 15.2 Å². The number of hydrogen-bond acceptors (Lipinski definition) is 5. The van der Waals surface area contributed by atoms with E-state index in [2.05, 4.69) is 0 Å². The van der Waals surface area contributed by atoms with Gasteiger partial charge in [0, 0.05) is 6.04 Å². The van der Waals surface area contributed by atoms with Gasteiger partial charge in [0.15, 0.2) is 0 Å². The first kappa shape index (κ1) is 20.2. The first-order valence-corrected chi connectivity index (χ1v) is 9.36. The van der Waals surface area contributed by atoms with Gasteiger partial charge in [-0.05, 0) is 20.0 Å². The molecule has 6 N–H and O–H groups in total. The van der Waals surface area contributed by atoms with Gasteiger partial charge in [-0.3, -0.25) is 14.0 Å². The molecule has 0 saturated heterocycles. The molecule has 0 aromatic heterocycles. The highest BCUT2D eigenvalue weighted by Crippen LogP contribution is 2.70. The fourth-order valence-corrected chi connectivity index (χ4v) is 5.09. The molecule has 1 unspecified atom stereocenters. The molecular weight excluding hydrogens is 310 g/mol. The van der Waals surface area contributed by atoms with Crippen LogP contribution in [0, 0.1) is 0 Å². The zero-order valence-corrected chi connectivity index (χ0v) is 13.6. The maximum absolute atomic E-state index is 11.8. The Bertz CT molecular complexity index is 366. The van der Waals surface area contributed by atoms with Crippen LogP contribution in [0.3, 0.4) is 0 Å². The molecule has 122 valence electrons. The Kier molecular flexibility index (Phi) is 7.51. The van der Waals surface area contributed by atoms with E-state index in [-0.39, 0.29) is 19.7 Å². The Hall–Kier alpha value is 0.180. The third kappa shape index (κ3) is 4.34. The average Bonchev–Trinajstić information content (AvgIpc) is 2.24. The zero-order valence-electron chi connectivity index (χ0n) is 11.8. The maximum atomic E-state index is 11.8. The fourth-order valence-electron chi connectivity index (χ4n) is 1.91. The summed E-state index contributed by atoms with van der Waals surface area (Å²) >= 11 is 0. The lowest BCUT2D eigenvalue weighted by Gasteiger charge is -2.42. The first-order chi connectivity index (χ1) is 8.94. The van der Waals surface area contributed by atoms with Crippen LogP contribution in [0.25, 0.3) is 0 Å². The molecule has 0 heterocycles. The van der Waals surface area contributed by atoms with Crippen LogP contribution in [0.4, 0.5) is 0 Å². The highest BCUT2D eigenvalue weighted by Gasteiger charge is 2.63. The molecule has 0 bridgehead atoms. The summed E-state index contributed by atoms with van der Waals surface area (Å²) in [5, 5.41) is -2.68. The van der Waals surface area contributed by atoms with Crippen molar-refractivity contribution in [2.75, 3.05) is 26.3 Å². The molecular formula is C9H24N2O7P2. The summed E-state index contributed by atoms with van der Waals surface area (Å²) in [7, 11) is -10.4. The lowest BCUT2D eigenvalue weighted by molar-refractivity contribution is 0.0478. The summed E-state index contributed by atoms with van der Waals surface area (Å²) in [6.07, 6.45) is 0. The van der Waals surface area contributed by atoms with E-state index in [9.17, 15) is 28.7 Å². The SMILES string of the molecule is CCN(CC)C(COCC(C)N)(P(=O)(O)O)P(=O)(O)O. The number of nitrogens with two attached hydrogens (primary N) is 1. The van der Waals surface area contributed by atoms with E-state index in [0.717, 1.165) is 4.90 Å². The summed E-state index contributed by atoms with van der Waals surface area (Å²) in [6, 6.07) is -0.419. The molecule has 0 aromatic rings. The normalized spacial score (nSPS) is 15.7. The number of nitrogens with zero attached hydrogens (tertiary/aromatic N) is 1. The second-order valence-corrected chi connectivity index (χ2v) is 8.54. The predicted octanol–water partition coefficient (Wildman–Crippen LogP) is -0.299. The molecule has 0 aliphatic carbocycles. The maximum Gasteiger partial charge on any atom is 0.360 e. The average molecular weight is 334 g/mol. The molecule has 0 spiro atoms. The van der Waals surface area contributed by atoms with E-state index < -0.39 is 32.9 Å². The Morgan fingerprint density at radius 3 is 1.80 bits per heavy atom. The lowest BCUT2D eigenvalue weighted by Crippen LogP contribution is -2.51. The van der Waals surface area contributed by atoms with Gasteiger partial charge in [-0.1, -0.05) is 13.8 Å². The Labute approximate surface area is 118 Å². The van der Waals surface area contributed by atoms with Gasteiger partial charge in [-0.25, -0.2) is 0 Å². The quantitative estimate of drug-likeness (QED) is 0.358. The van der Waals surface area contributed by atoms with Gasteiger partial charge in [-0.2, -0.15) is 0 Å². The highest BCUT2D eigenvalue weighted by molar-refractivity contribution is 7.72. The smallest absolute Gasteiger partial charge is 0.360 e. The molecule has 1 atom stereocenters. The molecule has 0 saturated carbocycles. The Morgan fingerprint density at radius 2 is 1.55 bits per heavy atom. The van der Waals surface area contributed by atoms with E-state index in [1.54, 1.807) is 20.8 Å². The van der Waals surface area contributed by atoms with Gasteiger partial charge in [-0.15, -0.1) is 0 Å². The van der Waals surface area contributed by atoms with E-state index >= 15 is 0 Å². The number of rotatable bonds is 9. The summed E-state index contributed by atoms with van der Waals surface area (Å²) in [5.74, 6) is 0. The van der Waals surface area contributed by atoms with Crippen molar-refractivity contribution < 1.29 is 33.4 Å². The van der Waals surface area contributed by atoms with E-state index in [1.165, 1.54) is 0 Å². The number of likely N-dealkylation sites (N-methyl/N-ethyl adjacent to an activating group) is 1. The predicted molar refractivity (Wildman–Crippen MR) is 74.2 cm³/mol. The van der Waals surface area contributed by atoms with Crippen LogP contribution in [0.2, 0.25) is 0 Å². The molecule has 0 rings (SSSR count). The van der Waals surface area contributed by atoms with Crippen molar-refractivity contribution >= 4 is 15.2 Å². The van der Waals surface area contributed by atoms with Crippen LogP contribution in [-0.2, 0) is 13.9 Å². The fraction of sp³-hybridized carbons (Fsp3) is 1.00. The molecule has 0 aliphatic heterocycles. The van der Waals surface area contributed by atoms with Crippen LogP contribution in [0.15, 0.2) is 0 Å². The minimum absolute atomic E-state index is 0.0499. The van der Waals surface area contributed by atoms with Crippen molar-refractivity contribution in [3.05, 3.63) is 0 Å². The molecule has 11 heteroatoms. The van der Waals surface area contributed by atoms with Crippen molar-refractivity contribution in [1.82, 2.24) is 4.90 Å². The van der Waals surface area contributed by atoms with Gasteiger partial charge < -0.3 is 30.0 Å². The van der Waals surface area contributed by atoms with Gasteiger partial charge in [0.25, 0.3) is 0 Å².